The topological polar surface area (TPSA) is 49.3 Å². The van der Waals surface area contributed by atoms with E-state index >= 15 is 0 Å². The van der Waals surface area contributed by atoms with Gasteiger partial charge in [0, 0.05) is 17.5 Å². The molecule has 1 heterocycles. The maximum absolute atomic E-state index is 12.4. The molecule has 1 unspecified atom stereocenters. The molecule has 0 spiro atoms. The number of amides is 1. The van der Waals surface area contributed by atoms with Crippen molar-refractivity contribution in [2.45, 2.75) is 12.3 Å². The number of halogens is 3. The van der Waals surface area contributed by atoms with Crippen molar-refractivity contribution < 1.29 is 23.1 Å². The van der Waals surface area contributed by atoms with Crippen molar-refractivity contribution in [3.8, 4) is 0 Å². The minimum atomic E-state index is -4.41. The smallest absolute Gasteiger partial charge is 0.387 e. The Hall–Kier alpha value is -2.12. The van der Waals surface area contributed by atoms with Crippen LogP contribution in [0.25, 0.3) is 6.08 Å². The van der Waals surface area contributed by atoms with E-state index in [0.29, 0.717) is 5.56 Å². The number of aliphatic hydroxyl groups excluding tert-OH is 1. The zero-order valence-corrected chi connectivity index (χ0v) is 12.7. The number of carbonyl (C=O) groups excluding carboxylic acids is 1. The second kappa shape index (κ2) is 7.43. The van der Waals surface area contributed by atoms with E-state index in [1.54, 1.807) is 6.08 Å². The third-order valence-corrected chi connectivity index (χ3v) is 3.87. The summed E-state index contributed by atoms with van der Waals surface area (Å²) in [5.74, 6) is -0.385. The van der Waals surface area contributed by atoms with Gasteiger partial charge in [-0.3, -0.25) is 4.79 Å². The van der Waals surface area contributed by atoms with Crippen LogP contribution in [0.15, 0.2) is 47.9 Å². The zero-order chi connectivity index (χ0) is 16.9. The maximum atomic E-state index is 12.4. The highest BCUT2D eigenvalue weighted by Crippen LogP contribution is 2.29. The second-order valence-corrected chi connectivity index (χ2v) is 5.71. The lowest BCUT2D eigenvalue weighted by molar-refractivity contribution is -0.137. The van der Waals surface area contributed by atoms with Gasteiger partial charge < -0.3 is 10.4 Å². The summed E-state index contributed by atoms with van der Waals surface area (Å²) >= 11 is 1.48. The van der Waals surface area contributed by atoms with Crippen molar-refractivity contribution in [3.63, 3.8) is 0 Å². The van der Waals surface area contributed by atoms with Crippen LogP contribution in [0.3, 0.4) is 0 Å². The van der Waals surface area contributed by atoms with Crippen LogP contribution < -0.4 is 5.32 Å². The van der Waals surface area contributed by atoms with Crippen LogP contribution in [0.4, 0.5) is 13.2 Å². The maximum Gasteiger partial charge on any atom is 0.416 e. The monoisotopic (exact) mass is 341 g/mol. The molecule has 23 heavy (non-hydrogen) atoms. The average Bonchev–Trinajstić information content (AvgIpc) is 3.03. The molecule has 122 valence electrons. The number of aliphatic hydroxyl groups is 1. The summed E-state index contributed by atoms with van der Waals surface area (Å²) in [4.78, 5) is 12.5. The molecular formula is C16H14F3NO2S. The Morgan fingerprint density at radius 3 is 2.52 bits per heavy atom. The Morgan fingerprint density at radius 1 is 1.26 bits per heavy atom. The molecule has 1 atom stereocenters. The molecule has 2 N–H and O–H groups in total. The van der Waals surface area contributed by atoms with Gasteiger partial charge in [-0.15, -0.1) is 11.3 Å². The van der Waals surface area contributed by atoms with Crippen molar-refractivity contribution in [3.05, 3.63) is 63.9 Å². The predicted octanol–water partition coefficient (Wildman–Crippen LogP) is 3.63. The fraction of sp³-hybridized carbons (Fsp3) is 0.188. The van der Waals surface area contributed by atoms with Crippen molar-refractivity contribution in [2.75, 3.05) is 6.54 Å². The van der Waals surface area contributed by atoms with E-state index in [2.05, 4.69) is 5.32 Å². The van der Waals surface area contributed by atoms with Gasteiger partial charge in [-0.05, 0) is 35.2 Å². The molecule has 1 amide bonds. The number of hydrogen-bond donors (Lipinski definition) is 2. The number of nitrogens with one attached hydrogen (secondary N) is 1. The number of thiophene rings is 1. The first-order chi connectivity index (χ1) is 10.9. The molecule has 0 aliphatic heterocycles. The molecule has 2 aromatic rings. The summed E-state index contributed by atoms with van der Waals surface area (Å²) in [5.41, 5.74) is -0.475. The lowest BCUT2D eigenvalue weighted by atomic mass is 10.1. The van der Waals surface area contributed by atoms with Crippen LogP contribution >= 0.6 is 11.3 Å². The van der Waals surface area contributed by atoms with E-state index in [1.165, 1.54) is 29.5 Å². The molecular weight excluding hydrogens is 327 g/mol. The molecule has 0 aliphatic carbocycles. The zero-order valence-electron chi connectivity index (χ0n) is 11.9. The molecule has 0 saturated carbocycles. The molecule has 1 aromatic carbocycles. The van der Waals surface area contributed by atoms with Gasteiger partial charge in [0.2, 0.25) is 5.91 Å². The Morgan fingerprint density at radius 2 is 1.96 bits per heavy atom. The van der Waals surface area contributed by atoms with Crippen molar-refractivity contribution >= 4 is 23.3 Å². The van der Waals surface area contributed by atoms with Gasteiger partial charge in [-0.25, -0.2) is 0 Å². The molecule has 0 saturated heterocycles. The number of hydrogen-bond acceptors (Lipinski definition) is 3. The van der Waals surface area contributed by atoms with E-state index in [4.69, 9.17) is 0 Å². The largest absolute Gasteiger partial charge is 0.416 e. The van der Waals surface area contributed by atoms with Gasteiger partial charge >= 0.3 is 6.18 Å². The van der Waals surface area contributed by atoms with E-state index in [9.17, 15) is 23.1 Å². The Bertz CT molecular complexity index is 664. The third-order valence-electron chi connectivity index (χ3n) is 3.03. The molecule has 0 aliphatic rings. The van der Waals surface area contributed by atoms with Crippen LogP contribution in [0, 0.1) is 0 Å². The van der Waals surface area contributed by atoms with Gasteiger partial charge in [0.15, 0.2) is 0 Å². The van der Waals surface area contributed by atoms with E-state index < -0.39 is 17.8 Å². The number of carbonyl (C=O) groups is 1. The molecule has 0 radical (unpaired) electrons. The lowest BCUT2D eigenvalue weighted by Crippen LogP contribution is -2.26. The Labute approximate surface area is 135 Å². The summed E-state index contributed by atoms with van der Waals surface area (Å²) in [6.07, 6.45) is -2.50. The fourth-order valence-electron chi connectivity index (χ4n) is 1.81. The van der Waals surface area contributed by atoms with Crippen LogP contribution in [0.5, 0.6) is 0 Å². The molecule has 3 nitrogen and oxygen atoms in total. The summed E-state index contributed by atoms with van der Waals surface area (Å²) in [6, 6.07) is 7.90. The third kappa shape index (κ3) is 5.22. The highest BCUT2D eigenvalue weighted by atomic mass is 32.1. The normalized spacial score (nSPS) is 13.2. The van der Waals surface area contributed by atoms with Gasteiger partial charge in [-0.1, -0.05) is 18.2 Å². The lowest BCUT2D eigenvalue weighted by Gasteiger charge is -2.13. The molecule has 1 aromatic heterocycles. The fourth-order valence-corrected chi connectivity index (χ4v) is 2.43. The number of benzene rings is 1. The standard InChI is InChI=1S/C16H14F3NO2S/c17-16(18,19)12-5-3-11(4-6-12)14(21)10-20-15(22)8-7-13-2-1-9-23-13/h1-9,14,21H,10H2,(H,20,22)/b8-7+. The van der Waals surface area contributed by atoms with Gasteiger partial charge in [0.25, 0.3) is 0 Å². The first-order valence-electron chi connectivity index (χ1n) is 6.71. The van der Waals surface area contributed by atoms with Crippen molar-refractivity contribution in [1.29, 1.82) is 0 Å². The van der Waals surface area contributed by atoms with Crippen molar-refractivity contribution in [1.82, 2.24) is 5.32 Å². The van der Waals surface area contributed by atoms with E-state index in [0.717, 1.165) is 17.0 Å². The van der Waals surface area contributed by atoms with Gasteiger partial charge in [0.05, 0.1) is 11.7 Å². The predicted molar refractivity (Wildman–Crippen MR) is 82.8 cm³/mol. The average molecular weight is 341 g/mol. The minimum Gasteiger partial charge on any atom is -0.387 e. The highest BCUT2D eigenvalue weighted by molar-refractivity contribution is 7.10. The Balaban J connectivity index is 1.87. The first kappa shape index (κ1) is 17.2. The summed E-state index contributed by atoms with van der Waals surface area (Å²) < 4.78 is 37.3. The number of alkyl halides is 3. The van der Waals surface area contributed by atoms with Crippen LogP contribution in [-0.2, 0) is 11.0 Å². The molecule has 0 bridgehead atoms. The van der Waals surface area contributed by atoms with Crippen molar-refractivity contribution in [2.24, 2.45) is 0 Å². The van der Waals surface area contributed by atoms with E-state index in [-0.39, 0.29) is 12.5 Å². The minimum absolute atomic E-state index is 0.0843. The highest BCUT2D eigenvalue weighted by Gasteiger charge is 2.30. The quantitative estimate of drug-likeness (QED) is 0.816. The number of rotatable bonds is 5. The van der Waals surface area contributed by atoms with Crippen LogP contribution in [-0.4, -0.2) is 17.6 Å². The first-order valence-corrected chi connectivity index (χ1v) is 7.59. The summed E-state index contributed by atoms with van der Waals surface area (Å²) in [7, 11) is 0. The molecule has 7 heteroatoms. The Kier molecular flexibility index (Phi) is 5.57. The summed E-state index contributed by atoms with van der Waals surface area (Å²) in [5, 5.41) is 14.3. The molecule has 0 fully saturated rings. The van der Waals surface area contributed by atoms with Crippen LogP contribution in [0.1, 0.15) is 22.1 Å². The van der Waals surface area contributed by atoms with E-state index in [1.807, 2.05) is 17.5 Å². The summed E-state index contributed by atoms with van der Waals surface area (Å²) in [6.45, 7) is -0.0843. The second-order valence-electron chi connectivity index (χ2n) is 4.73. The SMILES string of the molecule is O=C(/C=C/c1cccs1)NCC(O)c1ccc(C(F)(F)F)cc1. The van der Waals surface area contributed by atoms with Crippen LogP contribution in [0.2, 0.25) is 0 Å². The molecule has 2 rings (SSSR count). The van der Waals surface area contributed by atoms with Gasteiger partial charge in [0.1, 0.15) is 0 Å². The van der Waals surface area contributed by atoms with Gasteiger partial charge in [-0.2, -0.15) is 13.2 Å².